The highest BCUT2D eigenvalue weighted by atomic mass is 35.5. The number of halogens is 3. The summed E-state index contributed by atoms with van der Waals surface area (Å²) in [5.74, 6) is -0.786. The largest absolute Gasteiger partial charge is 0.369 e. The lowest BCUT2D eigenvalue weighted by Gasteiger charge is -2.44. The summed E-state index contributed by atoms with van der Waals surface area (Å²) >= 11 is 12.7. The van der Waals surface area contributed by atoms with Crippen LogP contribution < -0.4 is 5.73 Å². The lowest BCUT2D eigenvalue weighted by atomic mass is 9.60. The van der Waals surface area contributed by atoms with Gasteiger partial charge in [-0.05, 0) is 55.1 Å². The maximum atomic E-state index is 15.0. The lowest BCUT2D eigenvalue weighted by molar-refractivity contribution is -0.129. The first-order valence-corrected chi connectivity index (χ1v) is 9.89. The summed E-state index contributed by atoms with van der Waals surface area (Å²) < 4.78 is 15.0. The van der Waals surface area contributed by atoms with Crippen molar-refractivity contribution >= 4 is 29.1 Å². The van der Waals surface area contributed by atoms with E-state index in [2.05, 4.69) is 6.92 Å². The summed E-state index contributed by atoms with van der Waals surface area (Å²) in [6.45, 7) is 4.15. The van der Waals surface area contributed by atoms with Crippen LogP contribution in [0.5, 0.6) is 0 Å². The Morgan fingerprint density at radius 3 is 2.44 bits per heavy atom. The van der Waals surface area contributed by atoms with E-state index in [1.807, 2.05) is 6.92 Å². The molecule has 2 nitrogen and oxygen atoms in total. The molecule has 0 heterocycles. The summed E-state index contributed by atoms with van der Waals surface area (Å²) in [6.07, 6.45) is 6.79. The van der Waals surface area contributed by atoms with Gasteiger partial charge in [0.15, 0.2) is 0 Å². The van der Waals surface area contributed by atoms with Crippen molar-refractivity contribution in [3.63, 3.8) is 0 Å². The quantitative estimate of drug-likeness (QED) is 0.626. The van der Waals surface area contributed by atoms with E-state index in [4.69, 9.17) is 28.9 Å². The number of hydrogen-bond acceptors (Lipinski definition) is 1. The summed E-state index contributed by atoms with van der Waals surface area (Å²) in [5.41, 5.74) is 5.55. The summed E-state index contributed by atoms with van der Waals surface area (Å²) in [5, 5.41) is 0.655. The van der Waals surface area contributed by atoms with E-state index in [-0.39, 0.29) is 29.0 Å². The average Bonchev–Trinajstić information content (AvgIpc) is 3.15. The molecule has 2 fully saturated rings. The van der Waals surface area contributed by atoms with E-state index >= 15 is 0 Å². The number of nitrogens with two attached hydrogens (primary N) is 1. The van der Waals surface area contributed by atoms with Gasteiger partial charge in [0.1, 0.15) is 5.82 Å². The van der Waals surface area contributed by atoms with Gasteiger partial charge in [-0.25, -0.2) is 4.39 Å². The molecule has 25 heavy (non-hydrogen) atoms. The fourth-order valence-corrected chi connectivity index (χ4v) is 5.83. The molecule has 2 unspecified atom stereocenters. The standard InChI is InChI=1S/C20H26Cl2FNO/c1-19(9-3-4-10-19)16(12-6-5-11-20(12,2)18(24)25)15-14(23)8-7-13(21)17(15)22/h7-8,12,16H,3-6,9-11H2,1-2H3,(H2,24,25)/t12?,16-,20?/m1/s1. The van der Waals surface area contributed by atoms with Gasteiger partial charge in [0.2, 0.25) is 5.91 Å². The number of benzene rings is 1. The maximum Gasteiger partial charge on any atom is 0.223 e. The zero-order valence-corrected chi connectivity index (χ0v) is 16.4. The Morgan fingerprint density at radius 1 is 1.20 bits per heavy atom. The van der Waals surface area contributed by atoms with Crippen LogP contribution in [0.3, 0.4) is 0 Å². The molecule has 2 N–H and O–H groups in total. The Kier molecular flexibility index (Phi) is 5.11. The van der Waals surface area contributed by atoms with Crippen molar-refractivity contribution in [2.75, 3.05) is 0 Å². The van der Waals surface area contributed by atoms with E-state index < -0.39 is 5.41 Å². The molecule has 0 bridgehead atoms. The average molecular weight is 386 g/mol. The van der Waals surface area contributed by atoms with Crippen LogP contribution in [-0.4, -0.2) is 5.91 Å². The lowest BCUT2D eigenvalue weighted by Crippen LogP contribution is -2.43. The second-order valence-electron chi connectivity index (χ2n) is 8.38. The Bertz CT molecular complexity index is 687. The Hall–Kier alpha value is -0.800. The van der Waals surface area contributed by atoms with E-state index in [1.54, 1.807) is 0 Å². The monoisotopic (exact) mass is 385 g/mol. The first-order chi connectivity index (χ1) is 11.7. The normalized spacial score (nSPS) is 29.7. The third-order valence-corrected chi connectivity index (χ3v) is 7.70. The van der Waals surface area contributed by atoms with E-state index in [0.717, 1.165) is 44.9 Å². The number of carbonyl (C=O) groups excluding carboxylic acids is 1. The Morgan fingerprint density at radius 2 is 1.84 bits per heavy atom. The van der Waals surface area contributed by atoms with E-state index in [0.29, 0.717) is 15.6 Å². The number of carbonyl (C=O) groups is 1. The molecule has 1 amide bonds. The second kappa shape index (κ2) is 6.74. The molecular weight excluding hydrogens is 360 g/mol. The van der Waals surface area contributed by atoms with Gasteiger partial charge in [-0.3, -0.25) is 4.79 Å². The fraction of sp³-hybridized carbons (Fsp3) is 0.650. The molecule has 2 aliphatic carbocycles. The highest BCUT2D eigenvalue weighted by Crippen LogP contribution is 2.61. The molecule has 0 aromatic heterocycles. The molecule has 3 rings (SSSR count). The molecule has 2 aliphatic rings. The van der Waals surface area contributed by atoms with Crippen molar-refractivity contribution in [2.24, 2.45) is 22.5 Å². The molecule has 2 saturated carbocycles. The van der Waals surface area contributed by atoms with Gasteiger partial charge in [0.25, 0.3) is 0 Å². The molecule has 0 radical (unpaired) electrons. The fourth-order valence-electron chi connectivity index (χ4n) is 5.39. The van der Waals surface area contributed by atoms with Crippen molar-refractivity contribution in [3.05, 3.63) is 33.6 Å². The van der Waals surface area contributed by atoms with Gasteiger partial charge in [-0.1, -0.05) is 56.3 Å². The molecule has 5 heteroatoms. The maximum absolute atomic E-state index is 15.0. The number of rotatable bonds is 4. The summed E-state index contributed by atoms with van der Waals surface area (Å²) in [7, 11) is 0. The molecule has 138 valence electrons. The minimum Gasteiger partial charge on any atom is -0.369 e. The van der Waals surface area contributed by atoms with Crippen LogP contribution in [0.4, 0.5) is 4.39 Å². The van der Waals surface area contributed by atoms with Crippen LogP contribution in [0.25, 0.3) is 0 Å². The van der Waals surface area contributed by atoms with Crippen LogP contribution in [0.2, 0.25) is 10.0 Å². The molecule has 0 spiro atoms. The predicted octanol–water partition coefficient (Wildman–Crippen LogP) is 6.09. The second-order valence-corrected chi connectivity index (χ2v) is 9.16. The summed E-state index contributed by atoms with van der Waals surface area (Å²) in [6, 6.07) is 2.89. The topological polar surface area (TPSA) is 43.1 Å². The molecule has 1 aromatic rings. The predicted molar refractivity (Wildman–Crippen MR) is 100 cm³/mol. The van der Waals surface area contributed by atoms with Crippen molar-refractivity contribution in [3.8, 4) is 0 Å². The number of amides is 1. The highest BCUT2D eigenvalue weighted by Gasteiger charge is 2.54. The van der Waals surface area contributed by atoms with Gasteiger partial charge in [0.05, 0.1) is 10.0 Å². The van der Waals surface area contributed by atoms with Gasteiger partial charge >= 0.3 is 0 Å². The summed E-state index contributed by atoms with van der Waals surface area (Å²) in [4.78, 5) is 12.3. The van der Waals surface area contributed by atoms with Crippen molar-refractivity contribution in [1.29, 1.82) is 0 Å². The first kappa shape index (κ1) is 19.0. The number of hydrogen-bond donors (Lipinski definition) is 1. The molecule has 0 saturated heterocycles. The Balaban J connectivity index is 2.19. The van der Waals surface area contributed by atoms with Crippen LogP contribution in [0.1, 0.15) is 70.3 Å². The number of primary amides is 1. The van der Waals surface area contributed by atoms with Crippen LogP contribution >= 0.6 is 23.2 Å². The minimum atomic E-state index is -0.631. The smallest absolute Gasteiger partial charge is 0.223 e. The zero-order chi connectivity index (χ0) is 18.4. The third kappa shape index (κ3) is 3.08. The third-order valence-electron chi connectivity index (χ3n) is 6.88. The molecule has 1 aromatic carbocycles. The molecular formula is C20H26Cl2FNO. The van der Waals surface area contributed by atoms with Gasteiger partial charge in [-0.15, -0.1) is 0 Å². The van der Waals surface area contributed by atoms with Crippen molar-refractivity contribution < 1.29 is 9.18 Å². The van der Waals surface area contributed by atoms with E-state index in [9.17, 15) is 9.18 Å². The Labute approximate surface area is 159 Å². The van der Waals surface area contributed by atoms with Crippen molar-refractivity contribution in [2.45, 2.75) is 64.7 Å². The van der Waals surface area contributed by atoms with E-state index in [1.165, 1.54) is 12.1 Å². The SMILES string of the molecule is CC1(C(N)=O)CCCC1[C@H](c1c(F)ccc(Cl)c1Cl)C1(C)CCCC1. The minimum absolute atomic E-state index is 0.0152. The first-order valence-electron chi connectivity index (χ1n) is 9.14. The zero-order valence-electron chi connectivity index (χ0n) is 14.9. The van der Waals surface area contributed by atoms with Crippen LogP contribution in [0.15, 0.2) is 12.1 Å². The van der Waals surface area contributed by atoms with Crippen LogP contribution in [-0.2, 0) is 4.79 Å². The van der Waals surface area contributed by atoms with Gasteiger partial charge < -0.3 is 5.73 Å². The highest BCUT2D eigenvalue weighted by molar-refractivity contribution is 6.42. The molecule has 0 aliphatic heterocycles. The van der Waals surface area contributed by atoms with Crippen LogP contribution in [0, 0.1) is 22.6 Å². The van der Waals surface area contributed by atoms with Crippen molar-refractivity contribution in [1.82, 2.24) is 0 Å². The molecule has 3 atom stereocenters. The van der Waals surface area contributed by atoms with Gasteiger partial charge in [0, 0.05) is 11.0 Å². The van der Waals surface area contributed by atoms with Gasteiger partial charge in [-0.2, -0.15) is 0 Å².